The van der Waals surface area contributed by atoms with Crippen molar-refractivity contribution in [3.63, 3.8) is 0 Å². The van der Waals surface area contributed by atoms with Gasteiger partial charge in [0.1, 0.15) is 6.10 Å². The second-order valence-electron chi connectivity index (χ2n) is 6.62. The fourth-order valence-electron chi connectivity index (χ4n) is 2.51. The second kappa shape index (κ2) is 14.4. The third-order valence-corrected chi connectivity index (χ3v) is 4.01. The van der Waals surface area contributed by atoms with Crippen LogP contribution < -0.4 is 0 Å². The molecule has 0 radical (unpaired) electrons. The number of carbonyl (C=O) groups excluding carboxylic acids is 1. The molecular formula is C19H38O2. The van der Waals surface area contributed by atoms with Gasteiger partial charge < -0.3 is 4.74 Å². The minimum Gasteiger partial charge on any atom is -0.462 e. The van der Waals surface area contributed by atoms with Crippen molar-refractivity contribution < 1.29 is 9.53 Å². The molecule has 0 fully saturated rings. The van der Waals surface area contributed by atoms with Crippen LogP contribution in [-0.2, 0) is 9.53 Å². The van der Waals surface area contributed by atoms with E-state index in [1.54, 1.807) is 0 Å². The molecule has 21 heavy (non-hydrogen) atoms. The van der Waals surface area contributed by atoms with Gasteiger partial charge in [-0.05, 0) is 25.7 Å². The summed E-state index contributed by atoms with van der Waals surface area (Å²) in [5.74, 6) is -0.0326. The Morgan fingerprint density at radius 3 is 1.57 bits per heavy atom. The third-order valence-electron chi connectivity index (χ3n) is 4.01. The zero-order valence-electron chi connectivity index (χ0n) is 15.0. The molecular weight excluding hydrogens is 260 g/mol. The van der Waals surface area contributed by atoms with Gasteiger partial charge in [0.05, 0.1) is 5.92 Å². The van der Waals surface area contributed by atoms with Crippen molar-refractivity contribution in [2.24, 2.45) is 5.92 Å². The highest BCUT2D eigenvalue weighted by molar-refractivity contribution is 5.71. The van der Waals surface area contributed by atoms with E-state index in [0.717, 1.165) is 12.8 Å². The zero-order chi connectivity index (χ0) is 15.9. The molecule has 126 valence electrons. The topological polar surface area (TPSA) is 26.3 Å². The Morgan fingerprint density at radius 1 is 0.762 bits per heavy atom. The van der Waals surface area contributed by atoms with Crippen molar-refractivity contribution >= 4 is 5.97 Å². The van der Waals surface area contributed by atoms with Crippen molar-refractivity contribution in [2.75, 3.05) is 0 Å². The van der Waals surface area contributed by atoms with E-state index in [1.165, 1.54) is 64.2 Å². The number of rotatable bonds is 14. The first-order valence-corrected chi connectivity index (χ1v) is 9.32. The standard InChI is InChI=1S/C19H38O2/c1-5-7-9-11-13-15-18(21-19(20)17(3)4)16-14-12-10-8-6-2/h17-18H,5-16H2,1-4H3. The van der Waals surface area contributed by atoms with Crippen LogP contribution in [0.3, 0.4) is 0 Å². The van der Waals surface area contributed by atoms with Crippen LogP contribution >= 0.6 is 0 Å². The Morgan fingerprint density at radius 2 is 1.19 bits per heavy atom. The van der Waals surface area contributed by atoms with Crippen LogP contribution in [0, 0.1) is 5.92 Å². The van der Waals surface area contributed by atoms with Crippen molar-refractivity contribution in [1.82, 2.24) is 0 Å². The van der Waals surface area contributed by atoms with Gasteiger partial charge in [-0.15, -0.1) is 0 Å². The van der Waals surface area contributed by atoms with Crippen molar-refractivity contribution in [1.29, 1.82) is 0 Å². The molecule has 0 spiro atoms. The Balaban J connectivity index is 3.94. The van der Waals surface area contributed by atoms with E-state index in [0.29, 0.717) is 0 Å². The Labute approximate surface area is 133 Å². The number of ether oxygens (including phenoxy) is 1. The van der Waals surface area contributed by atoms with Gasteiger partial charge in [0, 0.05) is 0 Å². The molecule has 0 saturated carbocycles. The van der Waals surface area contributed by atoms with E-state index >= 15 is 0 Å². The summed E-state index contributed by atoms with van der Waals surface area (Å²) in [4.78, 5) is 11.8. The molecule has 2 nitrogen and oxygen atoms in total. The number of carbonyl (C=O) groups is 1. The maximum Gasteiger partial charge on any atom is 0.308 e. The van der Waals surface area contributed by atoms with E-state index in [2.05, 4.69) is 13.8 Å². The zero-order valence-corrected chi connectivity index (χ0v) is 15.0. The fraction of sp³-hybridized carbons (Fsp3) is 0.947. The monoisotopic (exact) mass is 298 g/mol. The first-order chi connectivity index (χ1) is 10.1. The summed E-state index contributed by atoms with van der Waals surface area (Å²) in [6.07, 6.45) is 15.1. The summed E-state index contributed by atoms with van der Waals surface area (Å²) in [6.45, 7) is 8.32. The van der Waals surface area contributed by atoms with Crippen LogP contribution in [0.4, 0.5) is 0 Å². The molecule has 0 aliphatic carbocycles. The van der Waals surface area contributed by atoms with Gasteiger partial charge in [-0.1, -0.05) is 79.1 Å². The van der Waals surface area contributed by atoms with Crippen LogP contribution in [0.2, 0.25) is 0 Å². The smallest absolute Gasteiger partial charge is 0.308 e. The molecule has 0 aromatic rings. The van der Waals surface area contributed by atoms with Gasteiger partial charge in [-0.2, -0.15) is 0 Å². The van der Waals surface area contributed by atoms with Crippen molar-refractivity contribution in [3.8, 4) is 0 Å². The van der Waals surface area contributed by atoms with Gasteiger partial charge in [0.25, 0.3) is 0 Å². The lowest BCUT2D eigenvalue weighted by Gasteiger charge is -2.19. The molecule has 0 aliphatic rings. The SMILES string of the molecule is CCCCCCCC(CCCCCCC)OC(=O)C(C)C. The van der Waals surface area contributed by atoms with E-state index < -0.39 is 0 Å². The minimum atomic E-state index is -0.0258. The van der Waals surface area contributed by atoms with E-state index in [1.807, 2.05) is 13.8 Å². The largest absolute Gasteiger partial charge is 0.462 e. The minimum absolute atomic E-state index is 0.00678. The maximum atomic E-state index is 11.8. The molecule has 0 N–H and O–H groups in total. The van der Waals surface area contributed by atoms with E-state index in [-0.39, 0.29) is 18.0 Å². The fourth-order valence-corrected chi connectivity index (χ4v) is 2.51. The summed E-state index contributed by atoms with van der Waals surface area (Å²) in [6, 6.07) is 0. The molecule has 0 amide bonds. The second-order valence-corrected chi connectivity index (χ2v) is 6.62. The molecule has 2 heteroatoms. The number of hydrogen-bond acceptors (Lipinski definition) is 2. The Hall–Kier alpha value is -0.530. The molecule has 0 rings (SSSR count). The van der Waals surface area contributed by atoms with Crippen LogP contribution in [-0.4, -0.2) is 12.1 Å². The molecule has 0 saturated heterocycles. The number of unbranched alkanes of at least 4 members (excludes halogenated alkanes) is 8. The number of esters is 1. The van der Waals surface area contributed by atoms with Gasteiger partial charge in [-0.25, -0.2) is 0 Å². The first kappa shape index (κ1) is 20.5. The van der Waals surface area contributed by atoms with Crippen LogP contribution in [0.1, 0.15) is 105 Å². The predicted molar refractivity (Wildman–Crippen MR) is 91.5 cm³/mol. The predicted octanol–water partition coefficient (Wildman–Crippen LogP) is 6.28. The lowest BCUT2D eigenvalue weighted by atomic mass is 10.0. The molecule has 0 aromatic heterocycles. The number of hydrogen-bond donors (Lipinski definition) is 0. The lowest BCUT2D eigenvalue weighted by Crippen LogP contribution is -2.21. The summed E-state index contributed by atoms with van der Waals surface area (Å²) in [7, 11) is 0. The van der Waals surface area contributed by atoms with Gasteiger partial charge in [0.15, 0.2) is 0 Å². The van der Waals surface area contributed by atoms with Gasteiger partial charge in [-0.3, -0.25) is 4.79 Å². The molecule has 0 bridgehead atoms. The van der Waals surface area contributed by atoms with Crippen LogP contribution in [0.15, 0.2) is 0 Å². The first-order valence-electron chi connectivity index (χ1n) is 9.32. The summed E-state index contributed by atoms with van der Waals surface area (Å²) in [5.41, 5.74) is 0. The summed E-state index contributed by atoms with van der Waals surface area (Å²) in [5, 5.41) is 0. The average Bonchev–Trinajstić information content (AvgIpc) is 2.46. The Bertz CT molecular complexity index is 222. The molecule has 0 unspecified atom stereocenters. The van der Waals surface area contributed by atoms with E-state index in [4.69, 9.17) is 4.74 Å². The van der Waals surface area contributed by atoms with Gasteiger partial charge in [0.2, 0.25) is 0 Å². The maximum absolute atomic E-state index is 11.8. The lowest BCUT2D eigenvalue weighted by molar-refractivity contribution is -0.153. The highest BCUT2D eigenvalue weighted by atomic mass is 16.5. The average molecular weight is 299 g/mol. The van der Waals surface area contributed by atoms with Gasteiger partial charge >= 0.3 is 5.97 Å². The molecule has 0 heterocycles. The van der Waals surface area contributed by atoms with Crippen LogP contribution in [0.25, 0.3) is 0 Å². The normalized spacial score (nSPS) is 11.3. The summed E-state index contributed by atoms with van der Waals surface area (Å²) >= 11 is 0. The quantitative estimate of drug-likeness (QED) is 0.279. The Kier molecular flexibility index (Phi) is 14.0. The highest BCUT2D eigenvalue weighted by Gasteiger charge is 2.16. The third kappa shape index (κ3) is 12.9. The molecule has 0 aromatic carbocycles. The highest BCUT2D eigenvalue weighted by Crippen LogP contribution is 2.17. The van der Waals surface area contributed by atoms with E-state index in [9.17, 15) is 4.79 Å². The molecule has 0 atom stereocenters. The molecule has 0 aliphatic heterocycles. The van der Waals surface area contributed by atoms with Crippen molar-refractivity contribution in [3.05, 3.63) is 0 Å². The van der Waals surface area contributed by atoms with Crippen molar-refractivity contribution in [2.45, 2.75) is 111 Å². The summed E-state index contributed by atoms with van der Waals surface area (Å²) < 4.78 is 5.69. The van der Waals surface area contributed by atoms with Crippen LogP contribution in [0.5, 0.6) is 0 Å².